The van der Waals surface area contributed by atoms with Crippen LogP contribution >= 0.6 is 0 Å². The molecule has 1 aromatic carbocycles. The lowest BCUT2D eigenvalue weighted by atomic mass is 10.1. The molecule has 1 aliphatic rings. The first-order chi connectivity index (χ1) is 15.7. The van der Waals surface area contributed by atoms with Crippen molar-refractivity contribution in [3.8, 4) is 0 Å². The van der Waals surface area contributed by atoms with E-state index in [0.717, 1.165) is 70.0 Å². The number of hydrogen-bond acceptors (Lipinski definition) is 4. The molecule has 0 unspecified atom stereocenters. The highest BCUT2D eigenvalue weighted by molar-refractivity contribution is 5.80. The average Bonchev–Trinajstić information content (AvgIpc) is 3.33. The van der Waals surface area contributed by atoms with Crippen molar-refractivity contribution in [3.05, 3.63) is 60.1 Å². The molecule has 0 saturated carbocycles. The summed E-state index contributed by atoms with van der Waals surface area (Å²) in [6.45, 7) is 6.65. The molecular formula is C25H37N5O2. The van der Waals surface area contributed by atoms with Gasteiger partial charge in [-0.05, 0) is 43.4 Å². The van der Waals surface area contributed by atoms with Gasteiger partial charge in [0.15, 0.2) is 5.96 Å². The molecule has 1 amide bonds. The maximum Gasteiger partial charge on any atom is 0.234 e. The Morgan fingerprint density at radius 3 is 2.59 bits per heavy atom. The quantitative estimate of drug-likeness (QED) is 0.370. The smallest absolute Gasteiger partial charge is 0.234 e. The third kappa shape index (κ3) is 8.75. The molecule has 0 spiro atoms. The van der Waals surface area contributed by atoms with Crippen molar-refractivity contribution in [1.29, 1.82) is 0 Å². The van der Waals surface area contributed by atoms with Crippen molar-refractivity contribution in [3.63, 3.8) is 0 Å². The molecule has 1 aromatic heterocycles. The number of carbonyl (C=O) groups is 1. The van der Waals surface area contributed by atoms with Gasteiger partial charge >= 0.3 is 0 Å². The number of likely N-dealkylation sites (tertiary alicyclic amines) is 1. The summed E-state index contributed by atoms with van der Waals surface area (Å²) in [5.74, 6) is 1.93. The predicted octanol–water partition coefficient (Wildman–Crippen LogP) is 2.59. The van der Waals surface area contributed by atoms with E-state index in [1.165, 1.54) is 5.56 Å². The zero-order valence-corrected chi connectivity index (χ0v) is 19.2. The summed E-state index contributed by atoms with van der Waals surface area (Å²) in [6, 6.07) is 14.7. The number of aliphatic imine (C=N–C) groups is 1. The lowest BCUT2D eigenvalue weighted by molar-refractivity contribution is -0.122. The summed E-state index contributed by atoms with van der Waals surface area (Å²) in [5.41, 5.74) is 1.31. The van der Waals surface area contributed by atoms with Crippen LogP contribution < -0.4 is 16.0 Å². The van der Waals surface area contributed by atoms with Crippen LogP contribution in [-0.2, 0) is 17.6 Å². The highest BCUT2D eigenvalue weighted by Gasteiger charge is 2.21. The van der Waals surface area contributed by atoms with E-state index >= 15 is 0 Å². The Morgan fingerprint density at radius 1 is 1.06 bits per heavy atom. The first-order valence-electron chi connectivity index (χ1n) is 11.8. The first kappa shape index (κ1) is 23.9. The van der Waals surface area contributed by atoms with Crippen LogP contribution in [0.4, 0.5) is 0 Å². The van der Waals surface area contributed by atoms with E-state index in [-0.39, 0.29) is 5.91 Å². The molecule has 0 aliphatic carbocycles. The SMILES string of the molecule is CCCNC(=O)CN1CCC(NC(=NCCc2ccco2)NCCc2ccccc2)CC1. The van der Waals surface area contributed by atoms with Gasteiger partial charge in [-0.1, -0.05) is 37.3 Å². The van der Waals surface area contributed by atoms with Crippen molar-refractivity contribution < 1.29 is 9.21 Å². The largest absolute Gasteiger partial charge is 0.469 e. The highest BCUT2D eigenvalue weighted by Crippen LogP contribution is 2.10. The molecule has 0 atom stereocenters. The number of nitrogens with zero attached hydrogens (tertiary/aromatic N) is 2. The van der Waals surface area contributed by atoms with Crippen LogP contribution in [0.3, 0.4) is 0 Å². The summed E-state index contributed by atoms with van der Waals surface area (Å²) in [6.07, 6.45) is 6.40. The fourth-order valence-electron chi connectivity index (χ4n) is 3.81. The van der Waals surface area contributed by atoms with Crippen LogP contribution in [0.15, 0.2) is 58.1 Å². The molecule has 7 heteroatoms. The Hall–Kier alpha value is -2.80. The van der Waals surface area contributed by atoms with Crippen molar-refractivity contribution >= 4 is 11.9 Å². The number of furan rings is 1. The summed E-state index contributed by atoms with van der Waals surface area (Å²) < 4.78 is 5.42. The number of rotatable bonds is 11. The monoisotopic (exact) mass is 439 g/mol. The normalized spacial score (nSPS) is 15.5. The van der Waals surface area contributed by atoms with E-state index < -0.39 is 0 Å². The lowest BCUT2D eigenvalue weighted by Gasteiger charge is -2.32. The van der Waals surface area contributed by atoms with E-state index in [9.17, 15) is 4.79 Å². The molecule has 0 bridgehead atoms. The molecule has 3 rings (SSSR count). The second-order valence-corrected chi connectivity index (χ2v) is 8.27. The molecule has 174 valence electrons. The molecule has 7 nitrogen and oxygen atoms in total. The average molecular weight is 440 g/mol. The molecule has 0 radical (unpaired) electrons. The van der Waals surface area contributed by atoms with Crippen molar-refractivity contribution in [1.82, 2.24) is 20.9 Å². The van der Waals surface area contributed by atoms with Gasteiger partial charge in [-0.15, -0.1) is 0 Å². The minimum Gasteiger partial charge on any atom is -0.469 e. The third-order valence-corrected chi connectivity index (χ3v) is 5.62. The number of benzene rings is 1. The second kappa shape index (κ2) is 13.6. The molecule has 1 fully saturated rings. The Morgan fingerprint density at radius 2 is 1.88 bits per heavy atom. The lowest BCUT2D eigenvalue weighted by Crippen LogP contribution is -2.50. The molecule has 3 N–H and O–H groups in total. The van der Waals surface area contributed by atoms with Crippen molar-refractivity contribution in [2.75, 3.05) is 39.3 Å². The molecule has 2 aromatic rings. The van der Waals surface area contributed by atoms with E-state index in [0.29, 0.717) is 19.1 Å². The van der Waals surface area contributed by atoms with Gasteiger partial charge in [0.25, 0.3) is 0 Å². The zero-order chi connectivity index (χ0) is 22.4. The molecule has 32 heavy (non-hydrogen) atoms. The standard InChI is InChI=1S/C25H37N5O2/c1-2-14-26-24(31)20-30-17-12-22(13-18-30)29-25(28-16-11-23-9-6-19-32-23)27-15-10-21-7-4-3-5-8-21/h3-9,19,22H,2,10-18,20H2,1H3,(H,26,31)(H2,27,28,29). The van der Waals surface area contributed by atoms with Gasteiger partial charge in [0.1, 0.15) is 5.76 Å². The minimum absolute atomic E-state index is 0.126. The van der Waals surface area contributed by atoms with Gasteiger partial charge in [0, 0.05) is 45.2 Å². The zero-order valence-electron chi connectivity index (χ0n) is 19.2. The number of amides is 1. The third-order valence-electron chi connectivity index (χ3n) is 5.62. The topological polar surface area (TPSA) is 81.9 Å². The van der Waals surface area contributed by atoms with Gasteiger partial charge < -0.3 is 20.4 Å². The maximum absolute atomic E-state index is 12.0. The second-order valence-electron chi connectivity index (χ2n) is 8.27. The number of piperidine rings is 1. The number of hydrogen-bond donors (Lipinski definition) is 3. The van der Waals surface area contributed by atoms with Crippen LogP contribution in [0, 0.1) is 0 Å². The molecule has 1 saturated heterocycles. The van der Waals surface area contributed by atoms with Gasteiger partial charge in [0.2, 0.25) is 5.91 Å². The van der Waals surface area contributed by atoms with Crippen LogP contribution in [0.1, 0.15) is 37.5 Å². The van der Waals surface area contributed by atoms with Crippen molar-refractivity contribution in [2.24, 2.45) is 4.99 Å². The van der Waals surface area contributed by atoms with E-state index in [2.05, 4.69) is 52.0 Å². The molecule has 2 heterocycles. The Labute approximate surface area is 191 Å². The Balaban J connectivity index is 1.46. The fourth-order valence-corrected chi connectivity index (χ4v) is 3.81. The fraction of sp³-hybridized carbons (Fsp3) is 0.520. The van der Waals surface area contributed by atoms with Crippen molar-refractivity contribution in [2.45, 2.75) is 45.1 Å². The van der Waals surface area contributed by atoms with E-state index in [1.54, 1.807) is 6.26 Å². The number of carbonyl (C=O) groups excluding carboxylic acids is 1. The van der Waals surface area contributed by atoms with Crippen LogP contribution in [0.2, 0.25) is 0 Å². The van der Waals surface area contributed by atoms with E-state index in [4.69, 9.17) is 9.41 Å². The highest BCUT2D eigenvalue weighted by atomic mass is 16.3. The van der Waals surface area contributed by atoms with Crippen LogP contribution in [0.25, 0.3) is 0 Å². The van der Waals surface area contributed by atoms with Gasteiger partial charge in [-0.3, -0.25) is 14.7 Å². The van der Waals surface area contributed by atoms with Crippen LogP contribution in [-0.4, -0.2) is 62.1 Å². The van der Waals surface area contributed by atoms with Gasteiger partial charge in [0.05, 0.1) is 12.8 Å². The maximum atomic E-state index is 12.0. The van der Waals surface area contributed by atoms with Gasteiger partial charge in [-0.25, -0.2) is 0 Å². The summed E-state index contributed by atoms with van der Waals surface area (Å²) >= 11 is 0. The number of guanidine groups is 1. The molecule has 1 aliphatic heterocycles. The predicted molar refractivity (Wildman–Crippen MR) is 129 cm³/mol. The Kier molecular flexibility index (Phi) is 10.1. The Bertz CT molecular complexity index is 799. The number of nitrogens with one attached hydrogen (secondary N) is 3. The first-order valence-corrected chi connectivity index (χ1v) is 11.8. The van der Waals surface area contributed by atoms with Crippen LogP contribution in [0.5, 0.6) is 0 Å². The van der Waals surface area contributed by atoms with Gasteiger partial charge in [-0.2, -0.15) is 0 Å². The summed E-state index contributed by atoms with van der Waals surface area (Å²) in [5, 5.41) is 10.1. The minimum atomic E-state index is 0.126. The van der Waals surface area contributed by atoms with E-state index in [1.807, 2.05) is 18.2 Å². The summed E-state index contributed by atoms with van der Waals surface area (Å²) in [7, 11) is 0. The summed E-state index contributed by atoms with van der Waals surface area (Å²) in [4.78, 5) is 19.0. The molecular weight excluding hydrogens is 402 g/mol.